The van der Waals surface area contributed by atoms with Crippen molar-refractivity contribution in [1.82, 2.24) is 9.97 Å². The number of aryl methyl sites for hydroxylation is 1. The van der Waals surface area contributed by atoms with Gasteiger partial charge in [-0.25, -0.2) is 9.97 Å². The Morgan fingerprint density at radius 2 is 1.54 bits per heavy atom. The quantitative estimate of drug-likeness (QED) is 0.605. The SMILES string of the molecule is CCc1ccc(Nc2ncc(C(=O)Nc3cccc(NC(C)=O)c3)cn2)cc1. The number of nitrogens with zero attached hydrogens (tertiary/aromatic N) is 2. The fraction of sp³-hybridized carbons (Fsp3) is 0.143. The number of aromatic nitrogens is 2. The van der Waals surface area contributed by atoms with Crippen LogP contribution in [0.15, 0.2) is 60.9 Å². The van der Waals surface area contributed by atoms with Crippen molar-refractivity contribution in [2.45, 2.75) is 20.3 Å². The second-order valence-corrected chi connectivity index (χ2v) is 6.19. The zero-order valence-corrected chi connectivity index (χ0v) is 15.7. The first-order chi connectivity index (χ1) is 13.5. The number of nitrogens with one attached hydrogen (secondary N) is 3. The van der Waals surface area contributed by atoms with E-state index < -0.39 is 0 Å². The minimum Gasteiger partial charge on any atom is -0.326 e. The lowest BCUT2D eigenvalue weighted by Gasteiger charge is -2.08. The van der Waals surface area contributed by atoms with Crippen LogP contribution in [0.1, 0.15) is 29.8 Å². The molecular weight excluding hydrogens is 354 g/mol. The number of anilines is 4. The molecule has 2 amide bonds. The fourth-order valence-corrected chi connectivity index (χ4v) is 2.54. The number of benzene rings is 2. The van der Waals surface area contributed by atoms with Gasteiger partial charge in [0.05, 0.1) is 5.56 Å². The van der Waals surface area contributed by atoms with Gasteiger partial charge in [-0.2, -0.15) is 0 Å². The highest BCUT2D eigenvalue weighted by molar-refractivity contribution is 6.04. The Hall–Kier alpha value is -3.74. The molecule has 3 rings (SSSR count). The molecule has 0 aliphatic carbocycles. The highest BCUT2D eigenvalue weighted by Gasteiger charge is 2.09. The predicted octanol–water partition coefficient (Wildman–Crippen LogP) is 3.99. The summed E-state index contributed by atoms with van der Waals surface area (Å²) >= 11 is 0. The number of carbonyl (C=O) groups is 2. The predicted molar refractivity (Wildman–Crippen MR) is 110 cm³/mol. The third-order valence-corrected chi connectivity index (χ3v) is 3.97. The molecule has 1 aromatic heterocycles. The number of carbonyl (C=O) groups excluding carboxylic acids is 2. The molecule has 0 aliphatic heterocycles. The molecule has 3 aromatic rings. The van der Waals surface area contributed by atoms with Crippen molar-refractivity contribution in [3.8, 4) is 0 Å². The van der Waals surface area contributed by atoms with Gasteiger partial charge in [0.15, 0.2) is 0 Å². The molecule has 0 unspecified atom stereocenters. The molecule has 0 saturated heterocycles. The van der Waals surface area contributed by atoms with E-state index in [0.717, 1.165) is 12.1 Å². The van der Waals surface area contributed by atoms with Crippen molar-refractivity contribution in [1.29, 1.82) is 0 Å². The van der Waals surface area contributed by atoms with Gasteiger partial charge in [-0.15, -0.1) is 0 Å². The Morgan fingerprint density at radius 1 is 0.893 bits per heavy atom. The van der Waals surface area contributed by atoms with E-state index in [9.17, 15) is 9.59 Å². The summed E-state index contributed by atoms with van der Waals surface area (Å²) in [6, 6.07) is 14.9. The molecule has 3 N–H and O–H groups in total. The van der Waals surface area contributed by atoms with Crippen LogP contribution in [0.5, 0.6) is 0 Å². The van der Waals surface area contributed by atoms with Crippen LogP contribution >= 0.6 is 0 Å². The van der Waals surface area contributed by atoms with Gasteiger partial charge in [0.25, 0.3) is 5.91 Å². The average Bonchev–Trinajstić information content (AvgIpc) is 2.69. The summed E-state index contributed by atoms with van der Waals surface area (Å²) in [5, 5.41) is 8.54. The standard InChI is InChI=1S/C21H21N5O2/c1-3-15-7-9-17(10-8-15)26-21-22-12-16(13-23-21)20(28)25-19-6-4-5-18(11-19)24-14(2)27/h4-13H,3H2,1-2H3,(H,24,27)(H,25,28)(H,22,23,26). The molecule has 7 nitrogen and oxygen atoms in total. The first-order valence-electron chi connectivity index (χ1n) is 8.90. The van der Waals surface area contributed by atoms with E-state index in [1.54, 1.807) is 24.3 Å². The molecular formula is C21H21N5O2. The van der Waals surface area contributed by atoms with Crippen LogP contribution in [-0.2, 0) is 11.2 Å². The molecule has 2 aromatic carbocycles. The first kappa shape index (κ1) is 19.0. The number of amides is 2. The smallest absolute Gasteiger partial charge is 0.258 e. The minimum atomic E-state index is -0.334. The summed E-state index contributed by atoms with van der Waals surface area (Å²) in [5.41, 5.74) is 3.63. The summed E-state index contributed by atoms with van der Waals surface area (Å²) in [7, 11) is 0. The molecule has 28 heavy (non-hydrogen) atoms. The van der Waals surface area contributed by atoms with Crippen LogP contribution in [0, 0.1) is 0 Å². The van der Waals surface area contributed by atoms with Crippen LogP contribution < -0.4 is 16.0 Å². The van der Waals surface area contributed by atoms with Gasteiger partial charge in [0.2, 0.25) is 11.9 Å². The normalized spacial score (nSPS) is 10.2. The van der Waals surface area contributed by atoms with Crippen molar-refractivity contribution in [3.63, 3.8) is 0 Å². The van der Waals surface area contributed by atoms with Crippen molar-refractivity contribution in [2.24, 2.45) is 0 Å². The summed E-state index contributed by atoms with van der Waals surface area (Å²) in [5.74, 6) is -0.100. The Kier molecular flexibility index (Phi) is 5.96. The van der Waals surface area contributed by atoms with Gasteiger partial charge >= 0.3 is 0 Å². The van der Waals surface area contributed by atoms with E-state index in [1.807, 2.05) is 24.3 Å². The Morgan fingerprint density at radius 3 is 2.14 bits per heavy atom. The summed E-state index contributed by atoms with van der Waals surface area (Å²) < 4.78 is 0. The van der Waals surface area contributed by atoms with Gasteiger partial charge in [-0.3, -0.25) is 9.59 Å². The molecule has 0 fully saturated rings. The van der Waals surface area contributed by atoms with Gasteiger partial charge in [-0.1, -0.05) is 25.1 Å². The largest absolute Gasteiger partial charge is 0.326 e. The van der Waals surface area contributed by atoms with Gasteiger partial charge < -0.3 is 16.0 Å². The third-order valence-electron chi connectivity index (χ3n) is 3.97. The maximum Gasteiger partial charge on any atom is 0.258 e. The van der Waals surface area contributed by atoms with E-state index in [-0.39, 0.29) is 11.8 Å². The van der Waals surface area contributed by atoms with E-state index in [2.05, 4.69) is 32.8 Å². The zero-order chi connectivity index (χ0) is 19.9. The van der Waals surface area contributed by atoms with E-state index >= 15 is 0 Å². The highest BCUT2D eigenvalue weighted by atomic mass is 16.2. The fourth-order valence-electron chi connectivity index (χ4n) is 2.54. The number of hydrogen-bond donors (Lipinski definition) is 3. The molecule has 0 spiro atoms. The van der Waals surface area contributed by atoms with Gasteiger partial charge in [0, 0.05) is 36.4 Å². The number of hydrogen-bond acceptors (Lipinski definition) is 5. The van der Waals surface area contributed by atoms with E-state index in [1.165, 1.54) is 24.9 Å². The van der Waals surface area contributed by atoms with Gasteiger partial charge in [0.1, 0.15) is 0 Å². The van der Waals surface area contributed by atoms with Gasteiger partial charge in [-0.05, 0) is 42.3 Å². The van der Waals surface area contributed by atoms with E-state index in [4.69, 9.17) is 0 Å². The lowest BCUT2D eigenvalue weighted by molar-refractivity contribution is -0.114. The summed E-state index contributed by atoms with van der Waals surface area (Å²) in [4.78, 5) is 31.9. The second-order valence-electron chi connectivity index (χ2n) is 6.19. The van der Waals surface area contributed by atoms with Crippen LogP contribution in [0.3, 0.4) is 0 Å². The molecule has 0 radical (unpaired) electrons. The number of rotatable bonds is 6. The van der Waals surface area contributed by atoms with Crippen molar-refractivity contribution >= 4 is 34.8 Å². The highest BCUT2D eigenvalue weighted by Crippen LogP contribution is 2.17. The topological polar surface area (TPSA) is 96.0 Å². The Labute approximate surface area is 163 Å². The zero-order valence-electron chi connectivity index (χ0n) is 15.7. The minimum absolute atomic E-state index is 0.177. The maximum atomic E-state index is 12.4. The summed E-state index contributed by atoms with van der Waals surface area (Å²) in [6.07, 6.45) is 3.90. The Bertz CT molecular complexity index is 969. The van der Waals surface area contributed by atoms with Crippen LogP contribution in [0.4, 0.5) is 23.0 Å². The second kappa shape index (κ2) is 8.77. The van der Waals surface area contributed by atoms with Crippen LogP contribution in [-0.4, -0.2) is 21.8 Å². The third kappa shape index (κ3) is 5.14. The van der Waals surface area contributed by atoms with Crippen LogP contribution in [0.2, 0.25) is 0 Å². The molecule has 1 heterocycles. The summed E-state index contributed by atoms with van der Waals surface area (Å²) in [6.45, 7) is 3.53. The lowest BCUT2D eigenvalue weighted by atomic mass is 10.1. The molecule has 0 bridgehead atoms. The monoisotopic (exact) mass is 375 g/mol. The Balaban J connectivity index is 1.64. The van der Waals surface area contributed by atoms with Crippen molar-refractivity contribution in [3.05, 3.63) is 72.1 Å². The first-order valence-corrected chi connectivity index (χ1v) is 8.90. The average molecular weight is 375 g/mol. The molecule has 142 valence electrons. The lowest BCUT2D eigenvalue weighted by Crippen LogP contribution is -2.13. The molecule has 0 atom stereocenters. The molecule has 7 heteroatoms. The molecule has 0 aliphatic rings. The maximum absolute atomic E-state index is 12.4. The van der Waals surface area contributed by atoms with E-state index in [0.29, 0.717) is 22.9 Å². The van der Waals surface area contributed by atoms with Crippen molar-refractivity contribution in [2.75, 3.05) is 16.0 Å². The van der Waals surface area contributed by atoms with Crippen molar-refractivity contribution < 1.29 is 9.59 Å². The van der Waals surface area contributed by atoms with Crippen LogP contribution in [0.25, 0.3) is 0 Å². The molecule has 0 saturated carbocycles.